The third-order valence-corrected chi connectivity index (χ3v) is 3.25. The molecular weight excluding hydrogens is 260 g/mol. The van der Waals surface area contributed by atoms with Gasteiger partial charge < -0.3 is 10.4 Å². The van der Waals surface area contributed by atoms with Gasteiger partial charge in [0.05, 0.1) is 5.75 Å². The van der Waals surface area contributed by atoms with E-state index < -0.39 is 0 Å². The van der Waals surface area contributed by atoms with E-state index in [1.54, 1.807) is 30.1 Å². The molecule has 4 nitrogen and oxygen atoms in total. The molecule has 0 radical (unpaired) electrons. The number of aromatic nitrogens is 1. The van der Waals surface area contributed by atoms with Gasteiger partial charge >= 0.3 is 0 Å². The number of pyridine rings is 1. The van der Waals surface area contributed by atoms with Crippen LogP contribution in [-0.4, -0.2) is 33.1 Å². The highest BCUT2D eigenvalue weighted by Crippen LogP contribution is 2.22. The highest BCUT2D eigenvalue weighted by molar-refractivity contribution is 8.01. The van der Waals surface area contributed by atoms with Crippen molar-refractivity contribution in [1.82, 2.24) is 4.98 Å². The molecule has 1 aromatic rings. The van der Waals surface area contributed by atoms with Gasteiger partial charge in [-0.2, -0.15) is 0 Å². The van der Waals surface area contributed by atoms with E-state index in [9.17, 15) is 4.79 Å². The van der Waals surface area contributed by atoms with Crippen molar-refractivity contribution in [3.8, 4) is 11.8 Å². The molecule has 1 amide bonds. The molecule has 0 aromatic carbocycles. The first-order valence-electron chi connectivity index (χ1n) is 5.90. The van der Waals surface area contributed by atoms with Crippen LogP contribution >= 0.6 is 11.8 Å². The van der Waals surface area contributed by atoms with E-state index >= 15 is 0 Å². The van der Waals surface area contributed by atoms with Crippen molar-refractivity contribution in [3.05, 3.63) is 23.9 Å². The molecule has 1 heterocycles. The summed E-state index contributed by atoms with van der Waals surface area (Å²) in [6.07, 6.45) is 1.58. The van der Waals surface area contributed by atoms with Crippen LogP contribution in [0.15, 0.2) is 18.3 Å². The number of aliphatic hydroxyl groups excluding tert-OH is 1. The van der Waals surface area contributed by atoms with Gasteiger partial charge in [-0.3, -0.25) is 4.79 Å². The average molecular weight is 278 g/mol. The predicted molar refractivity (Wildman–Crippen MR) is 79.0 cm³/mol. The van der Waals surface area contributed by atoms with Gasteiger partial charge in [-0.15, -0.1) is 11.8 Å². The second kappa shape index (κ2) is 7.17. The van der Waals surface area contributed by atoms with Crippen LogP contribution in [0.2, 0.25) is 0 Å². The second-order valence-electron chi connectivity index (χ2n) is 4.84. The van der Waals surface area contributed by atoms with Crippen LogP contribution in [0.5, 0.6) is 0 Å². The molecule has 0 saturated heterocycles. The fraction of sp³-hybridized carbons (Fsp3) is 0.429. The number of amides is 1. The fourth-order valence-corrected chi connectivity index (χ4v) is 1.82. The zero-order valence-corrected chi connectivity index (χ0v) is 12.2. The predicted octanol–water partition coefficient (Wildman–Crippen LogP) is 1.90. The number of anilines is 1. The average Bonchev–Trinajstić information content (AvgIpc) is 2.33. The molecule has 0 unspecified atom stereocenters. The topological polar surface area (TPSA) is 62.2 Å². The Morgan fingerprint density at radius 1 is 1.53 bits per heavy atom. The lowest BCUT2D eigenvalue weighted by atomic mass is 10.2. The van der Waals surface area contributed by atoms with Crippen LogP contribution < -0.4 is 5.32 Å². The third-order valence-electron chi connectivity index (χ3n) is 1.98. The molecular formula is C14H18N2O2S. The number of nitrogens with one attached hydrogen (secondary N) is 1. The molecule has 1 aromatic heterocycles. The largest absolute Gasteiger partial charge is 0.384 e. The van der Waals surface area contributed by atoms with Gasteiger partial charge in [0.15, 0.2) is 0 Å². The van der Waals surface area contributed by atoms with Crippen molar-refractivity contribution >= 4 is 23.5 Å². The second-order valence-corrected chi connectivity index (χ2v) is 6.64. The van der Waals surface area contributed by atoms with Crippen molar-refractivity contribution in [3.63, 3.8) is 0 Å². The van der Waals surface area contributed by atoms with Crippen LogP contribution in [0.3, 0.4) is 0 Å². The molecule has 2 N–H and O–H groups in total. The molecule has 5 heteroatoms. The zero-order chi connectivity index (χ0) is 14.3. The lowest BCUT2D eigenvalue weighted by molar-refractivity contribution is -0.113. The standard InChI is InChI=1S/C14H18N2O2S/c1-14(2,3)19-10-13(18)16-12-9-11(5-4-8-17)6-7-15-12/h6-7,9,17H,8,10H2,1-3H3,(H,15,16,18). The monoisotopic (exact) mass is 278 g/mol. The molecule has 0 saturated carbocycles. The van der Waals surface area contributed by atoms with E-state index in [0.717, 1.165) is 0 Å². The van der Waals surface area contributed by atoms with Gasteiger partial charge in [0.2, 0.25) is 5.91 Å². The summed E-state index contributed by atoms with van der Waals surface area (Å²) in [5, 5.41) is 11.4. The minimum absolute atomic E-state index is 0.0548. The van der Waals surface area contributed by atoms with Crippen molar-refractivity contribution in [2.24, 2.45) is 0 Å². The normalized spacial score (nSPS) is 10.5. The Labute approximate surface area is 118 Å². The number of carbonyl (C=O) groups excluding carboxylic acids is 1. The number of rotatable bonds is 3. The first-order chi connectivity index (χ1) is 8.90. The Morgan fingerprint density at radius 2 is 2.26 bits per heavy atom. The van der Waals surface area contributed by atoms with Crippen molar-refractivity contribution < 1.29 is 9.90 Å². The van der Waals surface area contributed by atoms with Gasteiger partial charge in [0, 0.05) is 16.5 Å². The number of aliphatic hydroxyl groups is 1. The molecule has 0 fully saturated rings. The Kier molecular flexibility index (Phi) is 5.87. The summed E-state index contributed by atoms with van der Waals surface area (Å²) >= 11 is 1.58. The van der Waals surface area contributed by atoms with Gasteiger partial charge in [0.25, 0.3) is 0 Å². The molecule has 0 atom stereocenters. The van der Waals surface area contributed by atoms with Gasteiger partial charge in [0.1, 0.15) is 12.4 Å². The van der Waals surface area contributed by atoms with E-state index in [4.69, 9.17) is 5.11 Å². The van der Waals surface area contributed by atoms with Crippen LogP contribution in [0.1, 0.15) is 26.3 Å². The summed E-state index contributed by atoms with van der Waals surface area (Å²) in [7, 11) is 0. The number of thioether (sulfide) groups is 1. The smallest absolute Gasteiger partial charge is 0.235 e. The minimum atomic E-state index is -0.188. The first-order valence-corrected chi connectivity index (χ1v) is 6.89. The lowest BCUT2D eigenvalue weighted by Crippen LogP contribution is -2.19. The highest BCUT2D eigenvalue weighted by atomic mass is 32.2. The maximum Gasteiger partial charge on any atom is 0.235 e. The summed E-state index contributed by atoms with van der Waals surface area (Å²) in [6, 6.07) is 3.41. The third kappa shape index (κ3) is 6.85. The quantitative estimate of drug-likeness (QED) is 0.829. The van der Waals surface area contributed by atoms with E-state index in [2.05, 4.69) is 42.9 Å². The molecule has 19 heavy (non-hydrogen) atoms. The Bertz CT molecular complexity index is 498. The Morgan fingerprint density at radius 3 is 2.89 bits per heavy atom. The van der Waals surface area contributed by atoms with Gasteiger partial charge in [-0.25, -0.2) is 4.98 Å². The summed E-state index contributed by atoms with van der Waals surface area (Å²) in [5.41, 5.74) is 0.711. The van der Waals surface area contributed by atoms with E-state index in [0.29, 0.717) is 17.1 Å². The number of nitrogens with zero attached hydrogens (tertiary/aromatic N) is 1. The van der Waals surface area contributed by atoms with Crippen LogP contribution in [0.25, 0.3) is 0 Å². The highest BCUT2D eigenvalue weighted by Gasteiger charge is 2.13. The molecule has 0 aliphatic carbocycles. The Balaban J connectivity index is 2.59. The lowest BCUT2D eigenvalue weighted by Gasteiger charge is -2.16. The van der Waals surface area contributed by atoms with E-state index in [1.807, 2.05) is 0 Å². The number of carbonyl (C=O) groups is 1. The Hall–Kier alpha value is -1.51. The molecule has 0 spiro atoms. The maximum absolute atomic E-state index is 11.7. The van der Waals surface area contributed by atoms with E-state index in [-0.39, 0.29) is 17.3 Å². The number of hydrogen-bond donors (Lipinski definition) is 2. The van der Waals surface area contributed by atoms with Crippen LogP contribution in [-0.2, 0) is 4.79 Å². The summed E-state index contributed by atoms with van der Waals surface area (Å²) in [6.45, 7) is 6.00. The molecule has 0 bridgehead atoms. The minimum Gasteiger partial charge on any atom is -0.384 e. The van der Waals surface area contributed by atoms with Crippen molar-refractivity contribution in [1.29, 1.82) is 0 Å². The van der Waals surface area contributed by atoms with Crippen LogP contribution in [0, 0.1) is 11.8 Å². The van der Waals surface area contributed by atoms with Gasteiger partial charge in [-0.05, 0) is 12.1 Å². The zero-order valence-electron chi connectivity index (χ0n) is 11.4. The summed E-state index contributed by atoms with van der Waals surface area (Å²) in [5.74, 6) is 6.10. The van der Waals surface area contributed by atoms with Crippen LogP contribution in [0.4, 0.5) is 5.82 Å². The van der Waals surface area contributed by atoms with Crippen molar-refractivity contribution in [2.75, 3.05) is 17.7 Å². The summed E-state index contributed by atoms with van der Waals surface area (Å²) in [4.78, 5) is 15.8. The molecule has 0 aliphatic heterocycles. The van der Waals surface area contributed by atoms with E-state index in [1.165, 1.54) is 0 Å². The number of hydrogen-bond acceptors (Lipinski definition) is 4. The fourth-order valence-electron chi connectivity index (χ4n) is 1.18. The SMILES string of the molecule is CC(C)(C)SCC(=O)Nc1cc(C#CCO)ccn1. The van der Waals surface area contributed by atoms with Gasteiger partial charge in [-0.1, -0.05) is 32.6 Å². The molecule has 0 aliphatic rings. The summed E-state index contributed by atoms with van der Waals surface area (Å²) < 4.78 is 0.0548. The molecule has 102 valence electrons. The maximum atomic E-state index is 11.7. The molecule has 1 rings (SSSR count). The first kappa shape index (κ1) is 15.5. The van der Waals surface area contributed by atoms with Crippen molar-refractivity contribution in [2.45, 2.75) is 25.5 Å².